The maximum atomic E-state index is 13.9. The van der Waals surface area contributed by atoms with Gasteiger partial charge in [0.1, 0.15) is 22.6 Å². The lowest BCUT2D eigenvalue weighted by molar-refractivity contribution is 0.501. The summed E-state index contributed by atoms with van der Waals surface area (Å²) in [5.41, 5.74) is 0.242. The largest absolute Gasteiger partial charge is 0.449 e. The van der Waals surface area contributed by atoms with E-state index in [0.29, 0.717) is 10.7 Å². The smallest absolute Gasteiger partial charge is 0.204 e. The minimum atomic E-state index is -0.647. The van der Waals surface area contributed by atoms with E-state index in [1.54, 1.807) is 12.3 Å². The lowest BCUT2D eigenvalue weighted by Crippen LogP contribution is -2.08. The van der Waals surface area contributed by atoms with Gasteiger partial charge in [-0.3, -0.25) is 4.79 Å². The van der Waals surface area contributed by atoms with Crippen LogP contribution in [0.1, 0.15) is 0 Å². The number of fused-ring (bicyclic) bond motifs is 1. The minimum absolute atomic E-state index is 0.116. The number of rotatable bonds is 2. The molecule has 21 heavy (non-hydrogen) atoms. The Labute approximate surface area is 123 Å². The van der Waals surface area contributed by atoms with Gasteiger partial charge in [0.2, 0.25) is 5.43 Å². The lowest BCUT2D eigenvalue weighted by Gasteiger charge is -2.08. The molecule has 0 saturated heterocycles. The predicted molar refractivity (Wildman–Crippen MR) is 79.6 cm³/mol. The van der Waals surface area contributed by atoms with Crippen LogP contribution in [0.5, 0.6) is 0 Å². The van der Waals surface area contributed by atoms with Crippen molar-refractivity contribution in [1.82, 2.24) is 0 Å². The van der Waals surface area contributed by atoms with Crippen molar-refractivity contribution in [3.63, 3.8) is 0 Å². The Hall–Kier alpha value is -2.14. The maximum Gasteiger partial charge on any atom is 0.204 e. The third kappa shape index (κ3) is 2.34. The fourth-order valence-electron chi connectivity index (χ4n) is 2.22. The molecule has 0 atom stereocenters. The number of benzene rings is 2. The van der Waals surface area contributed by atoms with Crippen LogP contribution in [0.25, 0.3) is 22.1 Å². The van der Waals surface area contributed by atoms with Crippen LogP contribution in [0.15, 0.2) is 56.8 Å². The van der Waals surface area contributed by atoms with Crippen molar-refractivity contribution in [3.05, 3.63) is 64.3 Å². The molecule has 0 N–H and O–H groups in total. The van der Waals surface area contributed by atoms with Gasteiger partial charge in [0.25, 0.3) is 0 Å². The number of halogens is 2. The van der Waals surface area contributed by atoms with Crippen LogP contribution in [0.4, 0.5) is 8.78 Å². The van der Waals surface area contributed by atoms with Gasteiger partial charge in [-0.05, 0) is 36.1 Å². The second kappa shape index (κ2) is 5.33. The summed E-state index contributed by atoms with van der Waals surface area (Å²) >= 11 is 1.22. The van der Waals surface area contributed by atoms with Crippen molar-refractivity contribution in [3.8, 4) is 11.1 Å². The normalized spacial score (nSPS) is 11.0. The number of thioether (sulfide) groups is 1. The average molecular weight is 304 g/mol. The third-order valence-corrected chi connectivity index (χ3v) is 3.79. The molecule has 0 spiro atoms. The molecule has 0 aliphatic rings. The zero-order chi connectivity index (χ0) is 15.0. The molecule has 2 nitrogen and oxygen atoms in total. The van der Waals surface area contributed by atoms with Crippen molar-refractivity contribution < 1.29 is 13.2 Å². The summed E-state index contributed by atoms with van der Waals surface area (Å²) in [6, 6.07) is 9.83. The Morgan fingerprint density at radius 2 is 1.86 bits per heavy atom. The Bertz CT molecular complexity index is 887. The van der Waals surface area contributed by atoms with Gasteiger partial charge in [0, 0.05) is 0 Å². The first-order chi connectivity index (χ1) is 10.1. The van der Waals surface area contributed by atoms with E-state index in [1.807, 2.05) is 0 Å². The molecule has 106 valence electrons. The molecule has 2 aromatic carbocycles. The SMILES string of the molecule is CSc1oc2cccc(F)c2c(=O)c1-c1cccc(F)c1. The van der Waals surface area contributed by atoms with Crippen molar-refractivity contribution in [1.29, 1.82) is 0 Å². The zero-order valence-electron chi connectivity index (χ0n) is 11.0. The summed E-state index contributed by atoms with van der Waals surface area (Å²) in [6.45, 7) is 0. The summed E-state index contributed by atoms with van der Waals surface area (Å²) in [5, 5.41) is 0.221. The highest BCUT2D eigenvalue weighted by atomic mass is 32.2. The molecule has 0 amide bonds. The average Bonchev–Trinajstić information content (AvgIpc) is 2.46. The first kappa shape index (κ1) is 13.8. The van der Waals surface area contributed by atoms with Crippen LogP contribution in [-0.4, -0.2) is 6.26 Å². The topological polar surface area (TPSA) is 30.2 Å². The molecule has 1 aromatic heterocycles. The first-order valence-electron chi connectivity index (χ1n) is 6.17. The van der Waals surface area contributed by atoms with Crippen molar-refractivity contribution in [2.75, 3.05) is 6.26 Å². The summed E-state index contributed by atoms with van der Waals surface area (Å²) < 4.78 is 32.9. The maximum absolute atomic E-state index is 13.9. The second-order valence-corrected chi connectivity index (χ2v) is 5.20. The van der Waals surface area contributed by atoms with E-state index in [4.69, 9.17) is 4.42 Å². The summed E-state index contributed by atoms with van der Waals surface area (Å²) in [5.74, 6) is -1.11. The van der Waals surface area contributed by atoms with Crippen LogP contribution in [0.3, 0.4) is 0 Å². The van der Waals surface area contributed by atoms with Gasteiger partial charge < -0.3 is 4.42 Å². The van der Waals surface area contributed by atoms with Crippen LogP contribution >= 0.6 is 11.8 Å². The molecular weight excluding hydrogens is 294 g/mol. The number of hydrogen-bond donors (Lipinski definition) is 0. The van der Waals surface area contributed by atoms with Crippen LogP contribution < -0.4 is 5.43 Å². The minimum Gasteiger partial charge on any atom is -0.449 e. The highest BCUT2D eigenvalue weighted by Crippen LogP contribution is 2.31. The molecule has 0 bridgehead atoms. The van der Waals surface area contributed by atoms with E-state index in [0.717, 1.165) is 0 Å². The fraction of sp³-hybridized carbons (Fsp3) is 0.0625. The van der Waals surface area contributed by atoms with Crippen molar-refractivity contribution in [2.45, 2.75) is 5.09 Å². The van der Waals surface area contributed by atoms with E-state index in [1.165, 1.54) is 48.2 Å². The van der Waals surface area contributed by atoms with Gasteiger partial charge >= 0.3 is 0 Å². The quantitative estimate of drug-likeness (QED) is 0.655. The monoisotopic (exact) mass is 304 g/mol. The van der Waals surface area contributed by atoms with Crippen molar-refractivity contribution in [2.24, 2.45) is 0 Å². The Kier molecular flexibility index (Phi) is 3.51. The molecule has 3 rings (SSSR count). The summed E-state index contributed by atoms with van der Waals surface area (Å²) in [4.78, 5) is 12.6. The molecule has 0 unspecified atom stereocenters. The fourth-order valence-corrected chi connectivity index (χ4v) is 2.80. The highest BCUT2D eigenvalue weighted by Gasteiger charge is 2.18. The number of hydrogen-bond acceptors (Lipinski definition) is 3. The van der Waals surface area contributed by atoms with E-state index < -0.39 is 17.1 Å². The van der Waals surface area contributed by atoms with Gasteiger partial charge in [-0.15, -0.1) is 0 Å². The van der Waals surface area contributed by atoms with Gasteiger partial charge in [-0.25, -0.2) is 8.78 Å². The summed E-state index contributed by atoms with van der Waals surface area (Å²) in [7, 11) is 0. The van der Waals surface area contributed by atoms with Gasteiger partial charge in [-0.1, -0.05) is 30.0 Å². The zero-order valence-corrected chi connectivity index (χ0v) is 11.8. The van der Waals surface area contributed by atoms with Crippen molar-refractivity contribution >= 4 is 22.7 Å². The molecule has 5 heteroatoms. The molecule has 3 aromatic rings. The predicted octanol–water partition coefficient (Wildman–Crippen LogP) is 4.46. The molecule has 0 fully saturated rings. The van der Waals surface area contributed by atoms with E-state index in [9.17, 15) is 13.6 Å². The van der Waals surface area contributed by atoms with Gasteiger partial charge in [0.15, 0.2) is 5.09 Å². The van der Waals surface area contributed by atoms with E-state index in [-0.39, 0.29) is 16.5 Å². The molecule has 0 aliphatic carbocycles. The molecule has 0 aliphatic heterocycles. The molecule has 0 radical (unpaired) electrons. The Morgan fingerprint density at radius 1 is 1.10 bits per heavy atom. The summed E-state index contributed by atoms with van der Waals surface area (Å²) in [6.07, 6.45) is 1.74. The third-order valence-electron chi connectivity index (χ3n) is 3.13. The Balaban J connectivity index is 2.44. The molecule has 1 heterocycles. The van der Waals surface area contributed by atoms with Crippen LogP contribution in [0, 0.1) is 11.6 Å². The Morgan fingerprint density at radius 3 is 2.57 bits per heavy atom. The van der Waals surface area contributed by atoms with Crippen LogP contribution in [0.2, 0.25) is 0 Å². The molecular formula is C16H10F2O2S. The van der Waals surface area contributed by atoms with Gasteiger partial charge in [-0.2, -0.15) is 0 Å². The lowest BCUT2D eigenvalue weighted by atomic mass is 10.1. The van der Waals surface area contributed by atoms with E-state index >= 15 is 0 Å². The second-order valence-electron chi connectivity index (χ2n) is 4.42. The van der Waals surface area contributed by atoms with Crippen LogP contribution in [-0.2, 0) is 0 Å². The van der Waals surface area contributed by atoms with Gasteiger partial charge in [0.05, 0.1) is 5.56 Å². The van der Waals surface area contributed by atoms with E-state index in [2.05, 4.69) is 0 Å². The first-order valence-corrected chi connectivity index (χ1v) is 7.39. The highest BCUT2D eigenvalue weighted by molar-refractivity contribution is 7.98. The molecule has 0 saturated carbocycles. The standard InChI is InChI=1S/C16H10F2O2S/c1-21-16-13(9-4-2-5-10(17)8-9)15(19)14-11(18)6-3-7-12(14)20-16/h2-8H,1H3.